The van der Waals surface area contributed by atoms with Crippen LogP contribution in [-0.4, -0.2) is 36.1 Å². The number of hydrogen-bond acceptors (Lipinski definition) is 5. The van der Waals surface area contributed by atoms with E-state index < -0.39 is 11.9 Å². The topological polar surface area (TPSA) is 68.7 Å². The highest BCUT2D eigenvalue weighted by atomic mass is 79.9. The summed E-state index contributed by atoms with van der Waals surface area (Å²) in [4.78, 5) is 31.6. The van der Waals surface area contributed by atoms with Crippen molar-refractivity contribution in [3.05, 3.63) is 28.0 Å². The van der Waals surface area contributed by atoms with Crippen LogP contribution in [0.3, 0.4) is 0 Å². The van der Waals surface area contributed by atoms with Gasteiger partial charge in [0.25, 0.3) is 5.91 Å². The van der Waals surface area contributed by atoms with Crippen molar-refractivity contribution in [3.63, 3.8) is 0 Å². The van der Waals surface area contributed by atoms with Crippen molar-refractivity contribution < 1.29 is 19.2 Å². The minimum absolute atomic E-state index is 0.00571. The minimum atomic E-state index is -0.420. The van der Waals surface area contributed by atoms with Gasteiger partial charge in [0, 0.05) is 19.5 Å². The Kier molecular flexibility index (Phi) is 5.24. The van der Waals surface area contributed by atoms with E-state index in [1.165, 1.54) is 21.1 Å². The lowest BCUT2D eigenvalue weighted by Gasteiger charge is -2.15. The highest BCUT2D eigenvalue weighted by Crippen LogP contribution is 2.15. The van der Waals surface area contributed by atoms with E-state index in [4.69, 9.17) is 9.57 Å². The molecule has 0 atom stereocenters. The van der Waals surface area contributed by atoms with Crippen LogP contribution in [0, 0.1) is 0 Å². The van der Waals surface area contributed by atoms with Crippen molar-refractivity contribution in [2.24, 2.45) is 0 Å². The smallest absolute Gasteiger partial charge is 0.302 e. The number of hydroxylamine groups is 2. The van der Waals surface area contributed by atoms with Crippen molar-refractivity contribution in [2.75, 3.05) is 14.2 Å². The molecule has 6 nitrogen and oxygen atoms in total. The van der Waals surface area contributed by atoms with Gasteiger partial charge in [0.15, 0.2) is 0 Å². The Labute approximate surface area is 113 Å². The zero-order valence-corrected chi connectivity index (χ0v) is 11.9. The van der Waals surface area contributed by atoms with Gasteiger partial charge in [0.05, 0.1) is 7.11 Å². The third-order valence-corrected chi connectivity index (χ3v) is 2.58. The van der Waals surface area contributed by atoms with Crippen LogP contribution in [0.2, 0.25) is 0 Å². The monoisotopic (exact) mass is 316 g/mol. The summed E-state index contributed by atoms with van der Waals surface area (Å²) < 4.78 is 5.38. The van der Waals surface area contributed by atoms with Gasteiger partial charge in [-0.3, -0.25) is 14.4 Å². The molecule has 0 saturated carbocycles. The molecule has 0 fully saturated rings. The molecule has 0 aliphatic rings. The van der Waals surface area contributed by atoms with Crippen LogP contribution in [-0.2, 0) is 21.0 Å². The summed E-state index contributed by atoms with van der Waals surface area (Å²) in [5, 5.41) is 1.05. The van der Waals surface area contributed by atoms with Gasteiger partial charge in [-0.15, -0.1) is 0 Å². The molecule has 7 heteroatoms. The Morgan fingerprint density at radius 1 is 1.44 bits per heavy atom. The lowest BCUT2D eigenvalue weighted by Crippen LogP contribution is -2.27. The van der Waals surface area contributed by atoms with Crippen molar-refractivity contribution in [3.8, 4) is 0 Å². The molecule has 0 N–H and O–H groups in total. The fraction of sp³-hybridized carbons (Fsp3) is 0.364. The molecule has 1 rings (SSSR count). The van der Waals surface area contributed by atoms with E-state index in [1.54, 1.807) is 12.1 Å². The van der Waals surface area contributed by atoms with E-state index in [1.807, 2.05) is 0 Å². The number of hydrogen-bond donors (Lipinski definition) is 0. The van der Waals surface area contributed by atoms with Gasteiger partial charge in [-0.2, -0.15) is 0 Å². The van der Waals surface area contributed by atoms with Crippen molar-refractivity contribution in [1.29, 1.82) is 0 Å². The molecule has 0 saturated heterocycles. The third kappa shape index (κ3) is 3.78. The van der Waals surface area contributed by atoms with Crippen molar-refractivity contribution in [1.82, 2.24) is 10.0 Å². The van der Waals surface area contributed by atoms with E-state index >= 15 is 0 Å². The third-order valence-electron chi connectivity index (χ3n) is 2.14. The van der Waals surface area contributed by atoms with E-state index in [-0.39, 0.29) is 12.3 Å². The molecule has 0 spiro atoms. The van der Waals surface area contributed by atoms with Crippen molar-refractivity contribution >= 4 is 27.8 Å². The molecule has 1 aromatic rings. The van der Waals surface area contributed by atoms with Crippen LogP contribution in [0.5, 0.6) is 0 Å². The van der Waals surface area contributed by atoms with Crippen LogP contribution in [0.15, 0.2) is 16.7 Å². The van der Waals surface area contributed by atoms with Gasteiger partial charge >= 0.3 is 5.97 Å². The zero-order chi connectivity index (χ0) is 13.7. The maximum absolute atomic E-state index is 12.0. The number of ether oxygens (including phenoxy) is 1. The number of nitrogens with zero attached hydrogens (tertiary/aromatic N) is 2. The summed E-state index contributed by atoms with van der Waals surface area (Å²) in [7, 11) is 2.85. The Balaban J connectivity index is 3.03. The van der Waals surface area contributed by atoms with Gasteiger partial charge in [-0.05, 0) is 22.0 Å². The molecule has 1 amide bonds. The molecule has 0 bridgehead atoms. The maximum atomic E-state index is 12.0. The van der Waals surface area contributed by atoms with Crippen LogP contribution in [0.1, 0.15) is 23.0 Å². The number of esters is 1. The van der Waals surface area contributed by atoms with E-state index in [9.17, 15) is 9.59 Å². The van der Waals surface area contributed by atoms with Crippen LogP contribution < -0.4 is 0 Å². The van der Waals surface area contributed by atoms with Gasteiger partial charge in [0.1, 0.15) is 16.9 Å². The quantitative estimate of drug-likeness (QED) is 0.479. The number of amides is 1. The molecular weight excluding hydrogens is 304 g/mol. The van der Waals surface area contributed by atoms with Crippen LogP contribution in [0.4, 0.5) is 0 Å². The Bertz CT molecular complexity index is 464. The molecule has 1 heterocycles. The first-order valence-corrected chi connectivity index (χ1v) is 5.86. The first kappa shape index (κ1) is 14.6. The Hall–Kier alpha value is -1.47. The predicted molar refractivity (Wildman–Crippen MR) is 66.5 cm³/mol. The average molecular weight is 317 g/mol. The SMILES string of the molecule is CON(C)C(=O)c1nc(Br)ccc1COC(C)=O. The summed E-state index contributed by atoms with van der Waals surface area (Å²) in [6, 6.07) is 3.33. The van der Waals surface area contributed by atoms with Crippen LogP contribution in [0.25, 0.3) is 0 Å². The molecule has 98 valence electrons. The predicted octanol–water partition coefficient (Wildman–Crippen LogP) is 1.54. The van der Waals surface area contributed by atoms with E-state index in [0.717, 1.165) is 5.06 Å². The minimum Gasteiger partial charge on any atom is -0.461 e. The lowest BCUT2D eigenvalue weighted by molar-refractivity contribution is -0.142. The zero-order valence-electron chi connectivity index (χ0n) is 10.3. The van der Waals surface area contributed by atoms with Gasteiger partial charge < -0.3 is 4.74 Å². The number of aromatic nitrogens is 1. The second-order valence-electron chi connectivity index (χ2n) is 3.41. The standard InChI is InChI=1S/C11H13BrN2O4/c1-7(15)18-6-8-4-5-9(12)13-10(8)11(16)14(2)17-3/h4-5H,6H2,1-3H3. The summed E-state index contributed by atoms with van der Waals surface area (Å²) in [6.07, 6.45) is 0. The average Bonchev–Trinajstić information content (AvgIpc) is 2.35. The molecule has 18 heavy (non-hydrogen) atoms. The summed E-state index contributed by atoms with van der Waals surface area (Å²) in [5.41, 5.74) is 0.692. The van der Waals surface area contributed by atoms with Gasteiger partial charge in [0.2, 0.25) is 0 Å². The first-order chi connectivity index (χ1) is 8.45. The molecule has 0 unspecified atom stereocenters. The normalized spacial score (nSPS) is 10.0. The van der Waals surface area contributed by atoms with Gasteiger partial charge in [-0.1, -0.05) is 6.07 Å². The lowest BCUT2D eigenvalue weighted by atomic mass is 10.2. The Morgan fingerprint density at radius 3 is 2.67 bits per heavy atom. The summed E-state index contributed by atoms with van der Waals surface area (Å²) in [6.45, 7) is 1.29. The second kappa shape index (κ2) is 6.46. The maximum Gasteiger partial charge on any atom is 0.302 e. The Morgan fingerprint density at radius 2 is 2.11 bits per heavy atom. The first-order valence-electron chi connectivity index (χ1n) is 5.06. The van der Waals surface area contributed by atoms with E-state index in [2.05, 4.69) is 20.9 Å². The molecule has 1 aromatic heterocycles. The fourth-order valence-electron chi connectivity index (χ4n) is 1.18. The largest absolute Gasteiger partial charge is 0.461 e. The highest BCUT2D eigenvalue weighted by molar-refractivity contribution is 9.10. The summed E-state index contributed by atoms with van der Waals surface area (Å²) in [5.74, 6) is -0.836. The van der Waals surface area contributed by atoms with E-state index in [0.29, 0.717) is 10.2 Å². The number of rotatable bonds is 4. The number of pyridine rings is 1. The molecule has 0 radical (unpaired) electrons. The van der Waals surface area contributed by atoms with Crippen molar-refractivity contribution in [2.45, 2.75) is 13.5 Å². The molecular formula is C11H13BrN2O4. The molecule has 0 aliphatic carbocycles. The molecule has 0 aromatic carbocycles. The number of carbonyl (C=O) groups is 2. The number of halogens is 1. The summed E-state index contributed by atoms with van der Waals surface area (Å²) >= 11 is 3.19. The molecule has 0 aliphatic heterocycles. The number of carbonyl (C=O) groups excluding carboxylic acids is 2. The van der Waals surface area contributed by atoms with Crippen LogP contribution >= 0.6 is 15.9 Å². The fourth-order valence-corrected chi connectivity index (χ4v) is 1.49. The van der Waals surface area contributed by atoms with Gasteiger partial charge in [-0.25, -0.2) is 10.0 Å². The highest BCUT2D eigenvalue weighted by Gasteiger charge is 2.18. The second-order valence-corrected chi connectivity index (χ2v) is 4.22.